The maximum absolute atomic E-state index is 6.33. The van der Waals surface area contributed by atoms with E-state index in [-0.39, 0.29) is 0 Å². The van der Waals surface area contributed by atoms with Gasteiger partial charge in [0.15, 0.2) is 0 Å². The molecule has 2 saturated carbocycles. The monoisotopic (exact) mass is 181 g/mol. The molecule has 1 heteroatoms. The molecule has 2 fully saturated rings. The minimum atomic E-state index is 0.521. The molecule has 3 atom stereocenters. The summed E-state index contributed by atoms with van der Waals surface area (Å²) in [7, 11) is 0. The van der Waals surface area contributed by atoms with E-state index >= 15 is 0 Å². The average Bonchev–Trinajstić information content (AvgIpc) is 2.20. The minimum absolute atomic E-state index is 0.521. The van der Waals surface area contributed by atoms with Crippen LogP contribution in [0.15, 0.2) is 0 Å². The summed E-state index contributed by atoms with van der Waals surface area (Å²) < 4.78 is 0. The summed E-state index contributed by atoms with van der Waals surface area (Å²) >= 11 is 0. The molecule has 0 saturated heterocycles. The first kappa shape index (κ1) is 9.51. The van der Waals surface area contributed by atoms with Crippen molar-refractivity contribution in [3.63, 3.8) is 0 Å². The zero-order valence-corrected chi connectivity index (χ0v) is 9.05. The molecule has 0 spiro atoms. The van der Waals surface area contributed by atoms with Crippen molar-refractivity contribution in [1.82, 2.24) is 0 Å². The van der Waals surface area contributed by atoms with Gasteiger partial charge in [-0.2, -0.15) is 0 Å². The van der Waals surface area contributed by atoms with Crippen molar-refractivity contribution in [3.05, 3.63) is 0 Å². The van der Waals surface area contributed by atoms with Gasteiger partial charge in [-0.15, -0.1) is 0 Å². The maximum Gasteiger partial charge on any atom is 0.0129 e. The molecule has 2 aliphatic carbocycles. The minimum Gasteiger partial charge on any atom is -0.327 e. The largest absolute Gasteiger partial charge is 0.327 e. The van der Waals surface area contributed by atoms with E-state index in [1.165, 1.54) is 38.5 Å². The zero-order chi connectivity index (χ0) is 9.47. The van der Waals surface area contributed by atoms with Crippen LogP contribution in [0.3, 0.4) is 0 Å². The van der Waals surface area contributed by atoms with Crippen LogP contribution in [0.25, 0.3) is 0 Å². The average molecular weight is 181 g/mol. The van der Waals surface area contributed by atoms with Gasteiger partial charge >= 0.3 is 0 Å². The van der Waals surface area contributed by atoms with Crippen molar-refractivity contribution in [3.8, 4) is 0 Å². The molecule has 3 unspecified atom stereocenters. The van der Waals surface area contributed by atoms with Gasteiger partial charge in [0, 0.05) is 6.04 Å². The Morgan fingerprint density at radius 2 is 1.77 bits per heavy atom. The van der Waals surface area contributed by atoms with Crippen LogP contribution in [0.1, 0.15) is 52.4 Å². The van der Waals surface area contributed by atoms with Crippen LogP contribution < -0.4 is 5.73 Å². The Kier molecular flexibility index (Phi) is 2.39. The molecular weight excluding hydrogens is 158 g/mol. The Morgan fingerprint density at radius 1 is 1.15 bits per heavy atom. The third kappa shape index (κ3) is 1.09. The lowest BCUT2D eigenvalue weighted by Gasteiger charge is -2.62. The van der Waals surface area contributed by atoms with Crippen molar-refractivity contribution in [2.45, 2.75) is 58.4 Å². The van der Waals surface area contributed by atoms with Crippen LogP contribution in [0.5, 0.6) is 0 Å². The predicted molar refractivity (Wildman–Crippen MR) is 56.4 cm³/mol. The lowest BCUT2D eigenvalue weighted by atomic mass is 9.45. The molecule has 76 valence electrons. The second kappa shape index (κ2) is 3.27. The van der Waals surface area contributed by atoms with E-state index in [0.717, 1.165) is 11.8 Å². The zero-order valence-electron chi connectivity index (χ0n) is 9.05. The fourth-order valence-electron chi connectivity index (χ4n) is 4.10. The standard InChI is InChI=1S/C12H23N/c1-3-12(4-2)10-8-6-5-7-9(10)11(12)13/h9-11H,3-8,13H2,1-2H3. The summed E-state index contributed by atoms with van der Waals surface area (Å²) in [6, 6.07) is 0.521. The molecule has 2 aliphatic rings. The molecule has 0 aromatic carbocycles. The van der Waals surface area contributed by atoms with E-state index < -0.39 is 0 Å². The third-order valence-corrected chi connectivity index (χ3v) is 5.00. The normalized spacial score (nSPS) is 42.2. The van der Waals surface area contributed by atoms with Gasteiger partial charge in [0.05, 0.1) is 0 Å². The molecule has 1 nitrogen and oxygen atoms in total. The van der Waals surface area contributed by atoms with Crippen LogP contribution in [0.4, 0.5) is 0 Å². The molecule has 0 aromatic heterocycles. The van der Waals surface area contributed by atoms with Gasteiger partial charge in [0.25, 0.3) is 0 Å². The quantitative estimate of drug-likeness (QED) is 0.696. The lowest BCUT2D eigenvalue weighted by molar-refractivity contribution is -0.102. The Hall–Kier alpha value is -0.0400. The molecule has 0 amide bonds. The Bertz CT molecular complexity index is 184. The van der Waals surface area contributed by atoms with Gasteiger partial charge in [0.1, 0.15) is 0 Å². The van der Waals surface area contributed by atoms with Gasteiger partial charge in [0.2, 0.25) is 0 Å². The molecule has 0 radical (unpaired) electrons. The lowest BCUT2D eigenvalue weighted by Crippen LogP contribution is -2.65. The van der Waals surface area contributed by atoms with Crippen LogP contribution in [-0.2, 0) is 0 Å². The Labute approximate surface area is 82.1 Å². The van der Waals surface area contributed by atoms with E-state index in [0.29, 0.717) is 11.5 Å². The highest BCUT2D eigenvalue weighted by atomic mass is 14.8. The summed E-state index contributed by atoms with van der Waals surface area (Å²) in [5.74, 6) is 1.86. The van der Waals surface area contributed by atoms with E-state index in [4.69, 9.17) is 5.73 Å². The highest BCUT2D eigenvalue weighted by Gasteiger charge is 2.57. The SMILES string of the molecule is CCC1(CC)C(N)C2CCCCC21. The van der Waals surface area contributed by atoms with Crippen molar-refractivity contribution in [2.75, 3.05) is 0 Å². The smallest absolute Gasteiger partial charge is 0.0129 e. The summed E-state index contributed by atoms with van der Waals surface area (Å²) in [4.78, 5) is 0. The van der Waals surface area contributed by atoms with E-state index in [2.05, 4.69) is 13.8 Å². The molecule has 2 rings (SSSR count). The highest BCUT2D eigenvalue weighted by Crippen LogP contribution is 2.59. The van der Waals surface area contributed by atoms with E-state index in [1.54, 1.807) is 0 Å². The van der Waals surface area contributed by atoms with Crippen LogP contribution in [0.2, 0.25) is 0 Å². The highest BCUT2D eigenvalue weighted by molar-refractivity contribution is 5.10. The van der Waals surface area contributed by atoms with E-state index in [9.17, 15) is 0 Å². The Balaban J connectivity index is 2.13. The maximum atomic E-state index is 6.33. The van der Waals surface area contributed by atoms with Gasteiger partial charge in [-0.05, 0) is 42.9 Å². The van der Waals surface area contributed by atoms with Crippen LogP contribution in [0, 0.1) is 17.3 Å². The topological polar surface area (TPSA) is 26.0 Å². The van der Waals surface area contributed by atoms with Gasteiger partial charge in [-0.25, -0.2) is 0 Å². The first-order chi connectivity index (χ1) is 6.26. The van der Waals surface area contributed by atoms with Gasteiger partial charge in [-0.1, -0.05) is 26.7 Å². The molecule has 0 aliphatic heterocycles. The Morgan fingerprint density at radius 3 is 2.38 bits per heavy atom. The molecule has 0 bridgehead atoms. The summed E-state index contributed by atoms with van der Waals surface area (Å²) in [6.07, 6.45) is 8.35. The summed E-state index contributed by atoms with van der Waals surface area (Å²) in [5, 5.41) is 0. The van der Waals surface area contributed by atoms with Gasteiger partial charge in [-0.3, -0.25) is 0 Å². The first-order valence-corrected chi connectivity index (χ1v) is 6.02. The predicted octanol–water partition coefficient (Wildman–Crippen LogP) is 2.94. The van der Waals surface area contributed by atoms with E-state index in [1.807, 2.05) is 0 Å². The second-order valence-corrected chi connectivity index (χ2v) is 5.02. The summed E-state index contributed by atoms with van der Waals surface area (Å²) in [6.45, 7) is 4.66. The fraction of sp³-hybridized carbons (Fsp3) is 1.00. The first-order valence-electron chi connectivity index (χ1n) is 6.02. The molecule has 0 heterocycles. The molecule has 0 aromatic rings. The van der Waals surface area contributed by atoms with Crippen molar-refractivity contribution in [1.29, 1.82) is 0 Å². The fourth-order valence-corrected chi connectivity index (χ4v) is 4.10. The number of hydrogen-bond acceptors (Lipinski definition) is 1. The van der Waals surface area contributed by atoms with Crippen LogP contribution >= 0.6 is 0 Å². The molecule has 2 N–H and O–H groups in total. The number of nitrogens with two attached hydrogens (primary N) is 1. The molecule has 13 heavy (non-hydrogen) atoms. The third-order valence-electron chi connectivity index (χ3n) is 5.00. The van der Waals surface area contributed by atoms with Crippen LogP contribution in [-0.4, -0.2) is 6.04 Å². The van der Waals surface area contributed by atoms with Crippen molar-refractivity contribution >= 4 is 0 Å². The summed E-state index contributed by atoms with van der Waals surface area (Å²) in [5.41, 5.74) is 6.87. The number of hydrogen-bond donors (Lipinski definition) is 1. The van der Waals surface area contributed by atoms with Gasteiger partial charge < -0.3 is 5.73 Å². The van der Waals surface area contributed by atoms with Crippen molar-refractivity contribution in [2.24, 2.45) is 23.0 Å². The molecular formula is C12H23N. The second-order valence-electron chi connectivity index (χ2n) is 5.02. The van der Waals surface area contributed by atoms with Crippen molar-refractivity contribution < 1.29 is 0 Å². The number of rotatable bonds is 2. The number of fused-ring (bicyclic) bond motifs is 1.